The second-order valence-electron chi connectivity index (χ2n) is 8.92. The van der Waals surface area contributed by atoms with Crippen LogP contribution in [0.3, 0.4) is 0 Å². The fourth-order valence-corrected chi connectivity index (χ4v) is 2.66. The Morgan fingerprint density at radius 3 is 1.70 bits per heavy atom. The molecule has 0 amide bonds. The van der Waals surface area contributed by atoms with Gasteiger partial charge in [0, 0.05) is 0 Å². The van der Waals surface area contributed by atoms with E-state index in [2.05, 4.69) is 69.2 Å². The summed E-state index contributed by atoms with van der Waals surface area (Å²) in [6.45, 7) is 21.3. The standard InChI is InChI=1S/C18H36O2/c1-11-14(13(2)3)20-15(19)18(10,17(7,8)9)12-16(4,5)6/h13-14H,11-12H2,1-10H3. The molecular weight excluding hydrogens is 248 g/mol. The molecule has 0 spiro atoms. The Labute approximate surface area is 126 Å². The van der Waals surface area contributed by atoms with E-state index in [4.69, 9.17) is 4.74 Å². The van der Waals surface area contributed by atoms with Crippen molar-refractivity contribution < 1.29 is 9.53 Å². The molecule has 0 saturated carbocycles. The molecule has 0 aliphatic carbocycles. The number of rotatable bonds is 5. The molecule has 0 aliphatic rings. The van der Waals surface area contributed by atoms with Crippen LogP contribution in [0.5, 0.6) is 0 Å². The molecule has 2 unspecified atom stereocenters. The van der Waals surface area contributed by atoms with Gasteiger partial charge in [-0.2, -0.15) is 0 Å². The van der Waals surface area contributed by atoms with E-state index < -0.39 is 5.41 Å². The third-order valence-electron chi connectivity index (χ3n) is 4.39. The zero-order valence-electron chi connectivity index (χ0n) is 15.4. The van der Waals surface area contributed by atoms with Crippen LogP contribution in [0.4, 0.5) is 0 Å². The number of esters is 1. The van der Waals surface area contributed by atoms with Crippen molar-refractivity contribution in [3.63, 3.8) is 0 Å². The minimum absolute atomic E-state index is 0.0177. The topological polar surface area (TPSA) is 26.3 Å². The maximum atomic E-state index is 12.8. The average Bonchev–Trinajstić information content (AvgIpc) is 2.20. The molecule has 0 fully saturated rings. The van der Waals surface area contributed by atoms with Gasteiger partial charge in [0.05, 0.1) is 5.41 Å². The Hall–Kier alpha value is -0.530. The van der Waals surface area contributed by atoms with Crippen molar-refractivity contribution >= 4 is 5.97 Å². The highest BCUT2D eigenvalue weighted by Crippen LogP contribution is 2.47. The molecule has 0 aromatic heterocycles. The van der Waals surface area contributed by atoms with Gasteiger partial charge in [-0.1, -0.05) is 62.3 Å². The lowest BCUT2D eigenvalue weighted by molar-refractivity contribution is -0.173. The maximum Gasteiger partial charge on any atom is 0.312 e. The third-order valence-corrected chi connectivity index (χ3v) is 4.39. The Morgan fingerprint density at radius 1 is 1.00 bits per heavy atom. The summed E-state index contributed by atoms with van der Waals surface area (Å²) in [5, 5.41) is 0. The molecule has 0 radical (unpaired) electrons. The lowest BCUT2D eigenvalue weighted by Crippen LogP contribution is -2.45. The fourth-order valence-electron chi connectivity index (χ4n) is 2.66. The van der Waals surface area contributed by atoms with Gasteiger partial charge < -0.3 is 4.74 Å². The van der Waals surface area contributed by atoms with Crippen LogP contribution in [0, 0.1) is 22.2 Å². The number of carbonyl (C=O) groups excluding carboxylic acids is 1. The second-order valence-corrected chi connectivity index (χ2v) is 8.92. The third kappa shape index (κ3) is 5.10. The van der Waals surface area contributed by atoms with Gasteiger partial charge in [-0.05, 0) is 36.5 Å². The summed E-state index contributed by atoms with van der Waals surface area (Å²) in [6.07, 6.45) is 1.72. The van der Waals surface area contributed by atoms with Gasteiger partial charge in [0.2, 0.25) is 0 Å². The van der Waals surface area contributed by atoms with Crippen molar-refractivity contribution in [2.75, 3.05) is 0 Å². The summed E-state index contributed by atoms with van der Waals surface area (Å²) in [4.78, 5) is 12.8. The summed E-state index contributed by atoms with van der Waals surface area (Å²) in [5.74, 6) is 0.322. The predicted octanol–water partition coefficient (Wildman–Crippen LogP) is 5.45. The molecular formula is C18H36O2. The van der Waals surface area contributed by atoms with E-state index in [0.717, 1.165) is 12.8 Å². The van der Waals surface area contributed by atoms with Crippen LogP contribution in [-0.2, 0) is 9.53 Å². The van der Waals surface area contributed by atoms with Gasteiger partial charge in [-0.15, -0.1) is 0 Å². The maximum absolute atomic E-state index is 12.8. The Bertz CT molecular complexity index is 317. The number of hydrogen-bond acceptors (Lipinski definition) is 2. The minimum atomic E-state index is -0.465. The van der Waals surface area contributed by atoms with E-state index in [1.165, 1.54) is 0 Å². The van der Waals surface area contributed by atoms with E-state index in [1.54, 1.807) is 0 Å². The van der Waals surface area contributed by atoms with Crippen molar-refractivity contribution in [2.45, 2.75) is 88.2 Å². The van der Waals surface area contributed by atoms with Crippen molar-refractivity contribution in [1.82, 2.24) is 0 Å². The fraction of sp³-hybridized carbons (Fsp3) is 0.944. The molecule has 0 aromatic carbocycles. The largest absolute Gasteiger partial charge is 0.462 e. The van der Waals surface area contributed by atoms with Crippen LogP contribution in [0.1, 0.15) is 82.1 Å². The van der Waals surface area contributed by atoms with Crippen LogP contribution < -0.4 is 0 Å². The van der Waals surface area contributed by atoms with E-state index in [1.807, 2.05) is 0 Å². The molecule has 2 heteroatoms. The van der Waals surface area contributed by atoms with Crippen molar-refractivity contribution in [1.29, 1.82) is 0 Å². The SMILES string of the molecule is CCC(OC(=O)C(C)(CC(C)(C)C)C(C)(C)C)C(C)C. The Balaban J connectivity index is 5.30. The second kappa shape index (κ2) is 6.49. The number of ether oxygens (including phenoxy) is 1. The Kier molecular flexibility index (Phi) is 6.32. The first-order valence-corrected chi connectivity index (χ1v) is 7.95. The van der Waals surface area contributed by atoms with E-state index in [9.17, 15) is 4.79 Å². The minimum Gasteiger partial charge on any atom is -0.462 e. The molecule has 0 rings (SSSR count). The average molecular weight is 284 g/mol. The van der Waals surface area contributed by atoms with Gasteiger partial charge in [0.15, 0.2) is 0 Å². The predicted molar refractivity (Wildman–Crippen MR) is 86.6 cm³/mol. The molecule has 20 heavy (non-hydrogen) atoms. The van der Waals surface area contributed by atoms with Crippen LogP contribution in [-0.4, -0.2) is 12.1 Å². The highest BCUT2D eigenvalue weighted by Gasteiger charge is 2.48. The van der Waals surface area contributed by atoms with Crippen molar-refractivity contribution in [2.24, 2.45) is 22.2 Å². The highest BCUT2D eigenvalue weighted by atomic mass is 16.5. The van der Waals surface area contributed by atoms with Gasteiger partial charge in [-0.25, -0.2) is 0 Å². The van der Waals surface area contributed by atoms with Crippen LogP contribution in [0.2, 0.25) is 0 Å². The monoisotopic (exact) mass is 284 g/mol. The molecule has 2 nitrogen and oxygen atoms in total. The van der Waals surface area contributed by atoms with Gasteiger partial charge in [0.25, 0.3) is 0 Å². The van der Waals surface area contributed by atoms with Crippen LogP contribution in [0.15, 0.2) is 0 Å². The molecule has 0 aliphatic heterocycles. The first-order chi connectivity index (χ1) is 8.74. The first kappa shape index (κ1) is 19.5. The van der Waals surface area contributed by atoms with Crippen LogP contribution in [0.25, 0.3) is 0 Å². The highest BCUT2D eigenvalue weighted by molar-refractivity contribution is 5.77. The van der Waals surface area contributed by atoms with Gasteiger partial charge >= 0.3 is 5.97 Å². The van der Waals surface area contributed by atoms with Crippen molar-refractivity contribution in [3.05, 3.63) is 0 Å². The quantitative estimate of drug-likeness (QED) is 0.627. The zero-order valence-corrected chi connectivity index (χ0v) is 15.4. The zero-order chi connectivity index (χ0) is 16.4. The summed E-state index contributed by atoms with van der Waals surface area (Å²) in [5.41, 5.74) is -0.485. The molecule has 0 bridgehead atoms. The van der Waals surface area contributed by atoms with Crippen molar-refractivity contribution in [3.8, 4) is 0 Å². The lowest BCUT2D eigenvalue weighted by Gasteiger charge is -2.44. The van der Waals surface area contributed by atoms with E-state index in [-0.39, 0.29) is 22.9 Å². The first-order valence-electron chi connectivity index (χ1n) is 7.95. The smallest absolute Gasteiger partial charge is 0.312 e. The summed E-state index contributed by atoms with van der Waals surface area (Å²) in [6, 6.07) is 0. The molecule has 0 N–H and O–H groups in total. The normalized spacial score (nSPS) is 17.8. The molecule has 0 saturated heterocycles. The summed E-state index contributed by atoms with van der Waals surface area (Å²) >= 11 is 0. The van der Waals surface area contributed by atoms with E-state index >= 15 is 0 Å². The molecule has 120 valence electrons. The van der Waals surface area contributed by atoms with Gasteiger partial charge in [0.1, 0.15) is 6.10 Å². The Morgan fingerprint density at radius 2 is 1.45 bits per heavy atom. The molecule has 2 atom stereocenters. The molecule has 0 heterocycles. The van der Waals surface area contributed by atoms with Gasteiger partial charge in [-0.3, -0.25) is 4.79 Å². The summed E-state index contributed by atoms with van der Waals surface area (Å²) < 4.78 is 5.86. The number of carbonyl (C=O) groups is 1. The van der Waals surface area contributed by atoms with Crippen LogP contribution >= 0.6 is 0 Å². The van der Waals surface area contributed by atoms with E-state index in [0.29, 0.717) is 5.92 Å². The lowest BCUT2D eigenvalue weighted by atomic mass is 9.61. The molecule has 0 aromatic rings. The summed E-state index contributed by atoms with van der Waals surface area (Å²) in [7, 11) is 0. The number of hydrogen-bond donors (Lipinski definition) is 0.